The van der Waals surface area contributed by atoms with E-state index in [-0.39, 0.29) is 25.3 Å². The molecule has 0 bridgehead atoms. The molecule has 0 aliphatic carbocycles. The van der Waals surface area contributed by atoms with E-state index in [1.807, 2.05) is 0 Å². The number of rotatable bonds is 6. The number of carbonyl (C=O) groups excluding carboxylic acids is 1. The normalized spacial score (nSPS) is 16.0. The molecular formula is C14H12N2O6S2. The lowest BCUT2D eigenvalue weighted by Gasteiger charge is -2.13. The van der Waals surface area contributed by atoms with Gasteiger partial charge < -0.3 is 10.2 Å². The number of hydrogen-bond acceptors (Lipinski definition) is 7. The molecule has 1 aliphatic heterocycles. The maximum absolute atomic E-state index is 12.3. The largest absolute Gasteiger partial charge is 0.502 e. The molecular weight excluding hydrogens is 356 g/mol. The minimum Gasteiger partial charge on any atom is -0.502 e. The Bertz CT molecular complexity index is 762. The highest BCUT2D eigenvalue weighted by atomic mass is 32.2. The number of benzene rings is 1. The Balaban J connectivity index is 2.15. The summed E-state index contributed by atoms with van der Waals surface area (Å²) in [5.74, 6) is -1.80. The number of carboxylic acids is 1. The van der Waals surface area contributed by atoms with E-state index in [0.29, 0.717) is 14.8 Å². The van der Waals surface area contributed by atoms with Crippen LogP contribution in [0.1, 0.15) is 18.4 Å². The first kappa shape index (κ1) is 17.9. The maximum atomic E-state index is 12.3. The quantitative estimate of drug-likeness (QED) is 0.340. The Kier molecular flexibility index (Phi) is 5.52. The molecule has 2 N–H and O–H groups in total. The van der Waals surface area contributed by atoms with E-state index < -0.39 is 22.3 Å². The van der Waals surface area contributed by atoms with E-state index in [1.165, 1.54) is 23.1 Å². The van der Waals surface area contributed by atoms with Gasteiger partial charge in [-0.2, -0.15) is 0 Å². The van der Waals surface area contributed by atoms with E-state index in [1.54, 1.807) is 0 Å². The Hall–Kier alpha value is -2.46. The molecule has 24 heavy (non-hydrogen) atoms. The van der Waals surface area contributed by atoms with Crippen LogP contribution in [-0.4, -0.2) is 42.8 Å². The highest BCUT2D eigenvalue weighted by Crippen LogP contribution is 2.34. The van der Waals surface area contributed by atoms with Crippen molar-refractivity contribution < 1.29 is 24.7 Å². The van der Waals surface area contributed by atoms with Crippen LogP contribution in [0.2, 0.25) is 0 Å². The number of thioether (sulfide) groups is 1. The van der Waals surface area contributed by atoms with Gasteiger partial charge in [-0.25, -0.2) is 0 Å². The Morgan fingerprint density at radius 1 is 1.46 bits per heavy atom. The molecule has 1 fully saturated rings. The highest BCUT2D eigenvalue weighted by molar-refractivity contribution is 8.26. The number of nitrogens with zero attached hydrogens (tertiary/aromatic N) is 2. The zero-order valence-corrected chi connectivity index (χ0v) is 13.8. The van der Waals surface area contributed by atoms with Crippen LogP contribution in [0.4, 0.5) is 5.69 Å². The van der Waals surface area contributed by atoms with Crippen LogP contribution in [0.5, 0.6) is 5.75 Å². The van der Waals surface area contributed by atoms with Crippen molar-refractivity contribution >= 4 is 51.9 Å². The zero-order chi connectivity index (χ0) is 17.9. The van der Waals surface area contributed by atoms with Crippen LogP contribution in [0.3, 0.4) is 0 Å². The predicted molar refractivity (Wildman–Crippen MR) is 91.5 cm³/mol. The summed E-state index contributed by atoms with van der Waals surface area (Å²) in [4.78, 5) is 34.4. The number of hydrogen-bond donors (Lipinski definition) is 2. The lowest BCUT2D eigenvalue weighted by molar-refractivity contribution is -0.385. The number of carboxylic acid groups (broad SMARTS) is 1. The van der Waals surface area contributed by atoms with Gasteiger partial charge in [-0.05, 0) is 30.2 Å². The number of phenols is 1. The lowest BCUT2D eigenvalue weighted by Crippen LogP contribution is -2.29. The molecule has 126 valence electrons. The topological polar surface area (TPSA) is 121 Å². The van der Waals surface area contributed by atoms with Crippen molar-refractivity contribution in [2.75, 3.05) is 6.54 Å². The Labute approximate surface area is 145 Å². The number of aromatic hydroxyl groups is 1. The van der Waals surface area contributed by atoms with E-state index in [0.717, 1.165) is 17.8 Å². The van der Waals surface area contributed by atoms with Gasteiger partial charge in [-0.1, -0.05) is 24.0 Å². The van der Waals surface area contributed by atoms with E-state index >= 15 is 0 Å². The standard InChI is InChI=1S/C14H12N2O6S2/c17-10-6-8(3-4-9(10)16(21)22)7-11-13(20)15(14(23)24-11)5-1-2-12(18)19/h3-4,6-7,17H,1-2,5H2,(H,18,19)/b11-7-. The maximum Gasteiger partial charge on any atom is 0.310 e. The molecule has 8 nitrogen and oxygen atoms in total. The first-order valence-corrected chi connectivity index (χ1v) is 7.96. The molecule has 1 aromatic carbocycles. The number of phenolic OH excluding ortho intramolecular Hbond substituents is 1. The summed E-state index contributed by atoms with van der Waals surface area (Å²) in [6.07, 6.45) is 1.69. The fourth-order valence-corrected chi connectivity index (χ4v) is 3.33. The molecule has 0 saturated carbocycles. The third-order valence-corrected chi connectivity index (χ3v) is 4.52. The van der Waals surface area contributed by atoms with Gasteiger partial charge in [0, 0.05) is 19.0 Å². The monoisotopic (exact) mass is 368 g/mol. The average Bonchev–Trinajstić information content (AvgIpc) is 2.74. The minimum atomic E-state index is -0.947. The van der Waals surface area contributed by atoms with Gasteiger partial charge in [-0.15, -0.1) is 0 Å². The number of carbonyl (C=O) groups is 2. The van der Waals surface area contributed by atoms with Crippen LogP contribution in [0.25, 0.3) is 6.08 Å². The smallest absolute Gasteiger partial charge is 0.310 e. The molecule has 0 aromatic heterocycles. The molecule has 0 atom stereocenters. The van der Waals surface area contributed by atoms with Crippen molar-refractivity contribution in [3.63, 3.8) is 0 Å². The van der Waals surface area contributed by atoms with Crippen LogP contribution in [0, 0.1) is 10.1 Å². The van der Waals surface area contributed by atoms with Crippen LogP contribution >= 0.6 is 24.0 Å². The van der Waals surface area contributed by atoms with E-state index in [2.05, 4.69) is 0 Å². The van der Waals surface area contributed by atoms with Crippen LogP contribution in [-0.2, 0) is 9.59 Å². The Morgan fingerprint density at radius 3 is 2.75 bits per heavy atom. The van der Waals surface area contributed by atoms with Gasteiger partial charge in [0.05, 0.1) is 9.83 Å². The molecule has 0 unspecified atom stereocenters. The molecule has 1 heterocycles. The average molecular weight is 368 g/mol. The second kappa shape index (κ2) is 7.41. The fraction of sp³-hybridized carbons (Fsp3) is 0.214. The van der Waals surface area contributed by atoms with Gasteiger partial charge in [0.1, 0.15) is 4.32 Å². The first-order chi connectivity index (χ1) is 11.3. The summed E-state index contributed by atoms with van der Waals surface area (Å²) in [6.45, 7) is 0.208. The van der Waals surface area contributed by atoms with Crippen molar-refractivity contribution in [1.82, 2.24) is 4.90 Å². The molecule has 1 saturated heterocycles. The molecule has 0 spiro atoms. The third-order valence-electron chi connectivity index (χ3n) is 3.14. The molecule has 1 aliphatic rings. The van der Waals surface area contributed by atoms with Crippen molar-refractivity contribution in [3.8, 4) is 5.75 Å². The number of aliphatic carboxylic acids is 1. The lowest BCUT2D eigenvalue weighted by atomic mass is 10.1. The summed E-state index contributed by atoms with van der Waals surface area (Å²) in [5, 5.41) is 28.9. The molecule has 1 amide bonds. The third kappa shape index (κ3) is 4.09. The number of nitro groups is 1. The van der Waals surface area contributed by atoms with Gasteiger partial charge in [0.2, 0.25) is 0 Å². The zero-order valence-electron chi connectivity index (χ0n) is 12.2. The number of thiocarbonyl (C=S) groups is 1. The number of amides is 1. The summed E-state index contributed by atoms with van der Waals surface area (Å²) >= 11 is 6.17. The van der Waals surface area contributed by atoms with Crippen LogP contribution < -0.4 is 0 Å². The van der Waals surface area contributed by atoms with Crippen molar-refractivity contribution in [2.24, 2.45) is 0 Å². The molecule has 10 heteroatoms. The Morgan fingerprint density at radius 2 is 2.17 bits per heavy atom. The predicted octanol–water partition coefficient (Wildman–Crippen LogP) is 2.37. The van der Waals surface area contributed by atoms with Gasteiger partial charge >= 0.3 is 11.7 Å². The summed E-state index contributed by atoms with van der Waals surface area (Å²) in [5.41, 5.74) is -0.00231. The minimum absolute atomic E-state index is 0.0632. The second-order valence-electron chi connectivity index (χ2n) is 4.84. The van der Waals surface area contributed by atoms with Crippen molar-refractivity contribution in [2.45, 2.75) is 12.8 Å². The summed E-state index contributed by atoms with van der Waals surface area (Å²) in [7, 11) is 0. The van der Waals surface area contributed by atoms with E-state index in [9.17, 15) is 24.8 Å². The van der Waals surface area contributed by atoms with Crippen molar-refractivity contribution in [1.29, 1.82) is 0 Å². The first-order valence-electron chi connectivity index (χ1n) is 6.74. The number of nitro benzene ring substituents is 1. The van der Waals surface area contributed by atoms with Crippen LogP contribution in [0.15, 0.2) is 23.1 Å². The summed E-state index contributed by atoms with van der Waals surface area (Å²) < 4.78 is 0.322. The van der Waals surface area contributed by atoms with Gasteiger partial charge in [0.25, 0.3) is 5.91 Å². The summed E-state index contributed by atoms with van der Waals surface area (Å²) in [6, 6.07) is 3.75. The molecule has 2 rings (SSSR count). The molecule has 0 radical (unpaired) electrons. The highest BCUT2D eigenvalue weighted by Gasteiger charge is 2.31. The van der Waals surface area contributed by atoms with E-state index in [4.69, 9.17) is 17.3 Å². The second-order valence-corrected chi connectivity index (χ2v) is 6.51. The fourth-order valence-electron chi connectivity index (χ4n) is 2.02. The molecule has 1 aromatic rings. The van der Waals surface area contributed by atoms with Crippen molar-refractivity contribution in [3.05, 3.63) is 38.8 Å². The van der Waals surface area contributed by atoms with Gasteiger partial charge in [-0.3, -0.25) is 24.6 Å². The SMILES string of the molecule is O=C(O)CCCN1C(=O)/C(=C/c2ccc([N+](=O)[O-])c(O)c2)SC1=S. The van der Waals surface area contributed by atoms with Gasteiger partial charge in [0.15, 0.2) is 5.75 Å².